The lowest BCUT2D eigenvalue weighted by Crippen LogP contribution is -2.45. The van der Waals surface area contributed by atoms with Gasteiger partial charge in [-0.05, 0) is 37.7 Å². The lowest BCUT2D eigenvalue weighted by Gasteiger charge is -2.30. The van der Waals surface area contributed by atoms with E-state index in [0.29, 0.717) is 23.3 Å². The molecular formula is C23H25F5N8O4S2. The number of fused-ring (bicyclic) bond motifs is 1. The molecule has 1 amide bonds. The Bertz CT molecular complexity index is 1620. The van der Waals surface area contributed by atoms with Crippen molar-refractivity contribution in [3.8, 4) is 5.88 Å². The molecule has 0 saturated heterocycles. The van der Waals surface area contributed by atoms with Crippen molar-refractivity contribution >= 4 is 44.0 Å². The van der Waals surface area contributed by atoms with Crippen molar-refractivity contribution in [2.45, 2.75) is 74.2 Å². The number of hydrogen-bond acceptors (Lipinski definition) is 9. The molecule has 0 aliphatic heterocycles. The maximum atomic E-state index is 13.6. The smallest absolute Gasteiger partial charge is 0.388 e. The van der Waals surface area contributed by atoms with E-state index in [-0.39, 0.29) is 52.8 Å². The number of sulfonamides is 1. The van der Waals surface area contributed by atoms with Gasteiger partial charge in [-0.2, -0.15) is 8.78 Å². The van der Waals surface area contributed by atoms with Crippen LogP contribution in [0.15, 0.2) is 17.3 Å². The summed E-state index contributed by atoms with van der Waals surface area (Å²) < 4.78 is 103. The number of nitrogens with zero attached hydrogens (tertiary/aromatic N) is 5. The zero-order valence-corrected chi connectivity index (χ0v) is 23.5. The number of thiophene rings is 1. The fraction of sp³-hybridized carbons (Fsp3) is 0.565. The number of hydrogen-bond donors (Lipinski definition) is 3. The van der Waals surface area contributed by atoms with Gasteiger partial charge >= 0.3 is 6.61 Å². The molecule has 3 N–H and O–H groups in total. The number of aryl methyl sites for hydroxylation is 2. The quantitative estimate of drug-likeness (QED) is 0.287. The molecule has 3 aromatic rings. The summed E-state index contributed by atoms with van der Waals surface area (Å²) in [5, 5.41) is 17.2. The second kappa shape index (κ2) is 10.4. The standard InChI is InChI=1S/C23H25F5N8O4S2/c1-35-16(7-17(33-35)40-21(25)26)30-22-32-29-9-36(22)12-2-3-15-13(6-12)18(42(38,39)34-11-4-10(24)5-11)20(41-15)31-19(37)14-8-23(14,27)28/h7,9-12,14,21,34H,2-6,8H2,1H3,(H,30,32)(H,31,37)/t10-,11+,12-,14-/m0/s1. The van der Waals surface area contributed by atoms with E-state index < -0.39 is 53.0 Å². The van der Waals surface area contributed by atoms with E-state index in [1.807, 2.05) is 0 Å². The first-order valence-electron chi connectivity index (χ1n) is 13.0. The first kappa shape index (κ1) is 28.8. The van der Waals surface area contributed by atoms with Crippen molar-refractivity contribution in [1.82, 2.24) is 29.3 Å². The molecule has 2 fully saturated rings. The average Bonchev–Trinajstić information content (AvgIpc) is 3.23. The number of halogens is 5. The summed E-state index contributed by atoms with van der Waals surface area (Å²) in [7, 11) is -2.76. The number of amides is 1. The molecule has 3 heterocycles. The van der Waals surface area contributed by atoms with Crippen LogP contribution in [0.4, 0.5) is 38.7 Å². The Balaban J connectivity index is 1.28. The molecule has 3 aliphatic rings. The van der Waals surface area contributed by atoms with Crippen molar-refractivity contribution < 1.29 is 39.9 Å². The number of carbonyl (C=O) groups is 1. The molecule has 0 aromatic carbocycles. The zero-order valence-electron chi connectivity index (χ0n) is 21.9. The third kappa shape index (κ3) is 5.56. The third-order valence-corrected chi connectivity index (χ3v) is 10.5. The summed E-state index contributed by atoms with van der Waals surface area (Å²) in [6.45, 7) is -3.06. The van der Waals surface area contributed by atoms with Gasteiger partial charge in [0.2, 0.25) is 27.8 Å². The minimum atomic E-state index is -4.27. The van der Waals surface area contributed by atoms with Crippen molar-refractivity contribution in [3.05, 3.63) is 22.8 Å². The fourth-order valence-corrected chi connectivity index (χ4v) is 8.42. The van der Waals surface area contributed by atoms with Gasteiger partial charge < -0.3 is 15.4 Å². The predicted molar refractivity (Wildman–Crippen MR) is 138 cm³/mol. The van der Waals surface area contributed by atoms with Crippen LogP contribution in [-0.2, 0) is 34.7 Å². The second-order valence-electron chi connectivity index (χ2n) is 10.5. The first-order valence-corrected chi connectivity index (χ1v) is 15.3. The van der Waals surface area contributed by atoms with Crippen LogP contribution in [-0.4, -0.2) is 63.6 Å². The molecule has 2 saturated carbocycles. The van der Waals surface area contributed by atoms with Crippen LogP contribution in [0.3, 0.4) is 0 Å². The molecule has 0 radical (unpaired) electrons. The Hall–Kier alpha value is -3.32. The molecule has 2 atom stereocenters. The second-order valence-corrected chi connectivity index (χ2v) is 13.3. The van der Waals surface area contributed by atoms with Gasteiger partial charge in [0.15, 0.2) is 0 Å². The van der Waals surface area contributed by atoms with Gasteiger partial charge in [0.05, 0.1) is 0 Å². The maximum absolute atomic E-state index is 13.6. The van der Waals surface area contributed by atoms with E-state index in [2.05, 4.69) is 35.4 Å². The Morgan fingerprint density at radius 1 is 1.29 bits per heavy atom. The lowest BCUT2D eigenvalue weighted by molar-refractivity contribution is -0.119. The van der Waals surface area contributed by atoms with Crippen molar-refractivity contribution in [2.75, 3.05) is 10.6 Å². The Morgan fingerprint density at radius 2 is 2.02 bits per heavy atom. The number of ether oxygens (including phenoxy) is 1. The van der Waals surface area contributed by atoms with E-state index in [1.165, 1.54) is 24.1 Å². The number of carbonyl (C=O) groups excluding carboxylic acids is 1. The van der Waals surface area contributed by atoms with E-state index in [0.717, 1.165) is 11.3 Å². The van der Waals surface area contributed by atoms with Crippen LogP contribution in [0.5, 0.6) is 5.88 Å². The summed E-state index contributed by atoms with van der Waals surface area (Å²) in [4.78, 5) is 13.0. The number of alkyl halides is 5. The molecule has 12 nitrogen and oxygen atoms in total. The van der Waals surface area contributed by atoms with Crippen LogP contribution in [0.25, 0.3) is 0 Å². The highest BCUT2D eigenvalue weighted by atomic mass is 32.2. The van der Waals surface area contributed by atoms with Crippen LogP contribution >= 0.6 is 11.3 Å². The number of rotatable bonds is 10. The Morgan fingerprint density at radius 3 is 2.69 bits per heavy atom. The summed E-state index contributed by atoms with van der Waals surface area (Å²) in [6.07, 6.45) is 0.792. The Kier molecular flexibility index (Phi) is 7.16. The zero-order chi connectivity index (χ0) is 30.0. The van der Waals surface area contributed by atoms with Gasteiger partial charge in [-0.1, -0.05) is 0 Å². The van der Waals surface area contributed by atoms with E-state index in [1.54, 1.807) is 4.57 Å². The van der Waals surface area contributed by atoms with Crippen LogP contribution < -0.4 is 20.1 Å². The van der Waals surface area contributed by atoms with Crippen LogP contribution in [0, 0.1) is 5.92 Å². The fourth-order valence-electron chi connectivity index (χ4n) is 5.18. The minimum Gasteiger partial charge on any atom is -0.415 e. The molecule has 3 aliphatic carbocycles. The highest BCUT2D eigenvalue weighted by molar-refractivity contribution is 7.90. The van der Waals surface area contributed by atoms with E-state index >= 15 is 0 Å². The topological polar surface area (TPSA) is 145 Å². The monoisotopic (exact) mass is 636 g/mol. The van der Waals surface area contributed by atoms with Crippen LogP contribution in [0.2, 0.25) is 0 Å². The molecule has 3 aromatic heterocycles. The van der Waals surface area contributed by atoms with Gasteiger partial charge in [0.1, 0.15) is 34.1 Å². The predicted octanol–water partition coefficient (Wildman–Crippen LogP) is 3.52. The number of nitrogens with one attached hydrogen (secondary N) is 3. The molecule has 6 rings (SSSR count). The van der Waals surface area contributed by atoms with Gasteiger partial charge in [0.25, 0.3) is 5.92 Å². The highest BCUT2D eigenvalue weighted by Gasteiger charge is 2.61. The van der Waals surface area contributed by atoms with Gasteiger partial charge in [-0.3, -0.25) is 9.36 Å². The average molecular weight is 637 g/mol. The van der Waals surface area contributed by atoms with Crippen molar-refractivity contribution in [1.29, 1.82) is 0 Å². The molecular weight excluding hydrogens is 611 g/mol. The first-order chi connectivity index (χ1) is 19.8. The molecule has 0 spiro atoms. The summed E-state index contributed by atoms with van der Waals surface area (Å²) in [6, 6.07) is 0.252. The summed E-state index contributed by atoms with van der Waals surface area (Å²) >= 11 is 1.02. The molecule has 42 heavy (non-hydrogen) atoms. The van der Waals surface area contributed by atoms with Gasteiger partial charge in [-0.15, -0.1) is 26.6 Å². The molecule has 228 valence electrons. The normalized spacial score (nSPS) is 24.6. The summed E-state index contributed by atoms with van der Waals surface area (Å²) in [5.41, 5.74) is 0.408. The SMILES string of the molecule is Cn1nc(OC(F)F)cc1Nc1nncn1[C@H]1CCc2sc(NC(=O)[C@@H]3CC3(F)F)c(S(=O)(=O)N[C@H]3C[C@@H](F)C3)c2C1. The van der Waals surface area contributed by atoms with Crippen molar-refractivity contribution in [2.24, 2.45) is 13.0 Å². The minimum absolute atomic E-state index is 0.0119. The van der Waals surface area contributed by atoms with Crippen molar-refractivity contribution in [3.63, 3.8) is 0 Å². The highest BCUT2D eigenvalue weighted by Crippen LogP contribution is 2.50. The molecule has 19 heteroatoms. The lowest BCUT2D eigenvalue weighted by atomic mass is 9.92. The third-order valence-electron chi connectivity index (χ3n) is 7.51. The van der Waals surface area contributed by atoms with Crippen LogP contribution in [0.1, 0.15) is 42.2 Å². The number of aromatic nitrogens is 5. The maximum Gasteiger partial charge on any atom is 0.388 e. The van der Waals surface area contributed by atoms with E-state index in [4.69, 9.17) is 0 Å². The number of anilines is 3. The largest absolute Gasteiger partial charge is 0.415 e. The summed E-state index contributed by atoms with van der Waals surface area (Å²) in [5.74, 6) is -5.45. The molecule has 0 unspecified atom stereocenters. The molecule has 0 bridgehead atoms. The van der Waals surface area contributed by atoms with Gasteiger partial charge in [0, 0.05) is 36.5 Å². The Labute approximate surface area is 239 Å². The van der Waals surface area contributed by atoms with E-state index in [9.17, 15) is 35.2 Å². The van der Waals surface area contributed by atoms with Gasteiger partial charge in [-0.25, -0.2) is 31.0 Å².